The fraction of sp³-hybridized carbons (Fsp3) is 0.125. The van der Waals surface area contributed by atoms with Crippen LogP contribution in [0, 0.1) is 27.7 Å². The van der Waals surface area contributed by atoms with Gasteiger partial charge in [0.15, 0.2) is 10.3 Å². The van der Waals surface area contributed by atoms with Crippen LogP contribution in [0.3, 0.4) is 0 Å². The van der Waals surface area contributed by atoms with E-state index in [9.17, 15) is 9.59 Å². The predicted octanol–water partition coefficient (Wildman–Crippen LogP) is 11.6. The Morgan fingerprint density at radius 1 is 0.522 bits per heavy atom. The maximum absolute atomic E-state index is 12.0. The number of rotatable bonds is 5. The van der Waals surface area contributed by atoms with Crippen LogP contribution >= 0.6 is 82.8 Å². The molecule has 4 aromatic carbocycles. The third-order valence-electron chi connectivity index (χ3n) is 6.24. The van der Waals surface area contributed by atoms with Crippen molar-refractivity contribution in [3.05, 3.63) is 142 Å². The molecule has 6 nitrogen and oxygen atoms in total. The second kappa shape index (κ2) is 18.2. The molecule has 2 N–H and O–H groups in total. The molecule has 0 aliphatic heterocycles. The molecule has 0 radical (unpaired) electrons. The zero-order valence-electron chi connectivity index (χ0n) is 25.0. The fourth-order valence-corrected chi connectivity index (χ4v) is 4.00. The van der Waals surface area contributed by atoms with Gasteiger partial charge in [0, 0.05) is 22.3 Å². The van der Waals surface area contributed by atoms with E-state index >= 15 is 0 Å². The quantitative estimate of drug-likeness (QED) is 0.120. The molecule has 0 saturated carbocycles. The average Bonchev–Trinajstić information content (AvgIpc) is 3.01. The molecule has 4 rings (SSSR count). The van der Waals surface area contributed by atoms with Crippen molar-refractivity contribution in [2.75, 3.05) is 0 Å². The number of aryl methyl sites for hydroxylation is 2. The number of carbonyl (C=O) groups is 2. The first-order valence-corrected chi connectivity index (χ1v) is 20.9. The van der Waals surface area contributed by atoms with Crippen LogP contribution in [0.5, 0.6) is 0 Å². The summed E-state index contributed by atoms with van der Waals surface area (Å²) in [7, 11) is 0. The van der Waals surface area contributed by atoms with Crippen molar-refractivity contribution in [2.45, 2.75) is 27.7 Å². The van der Waals surface area contributed by atoms with E-state index in [-0.39, 0.29) is 11.8 Å². The molecule has 0 atom stereocenters. The summed E-state index contributed by atoms with van der Waals surface area (Å²) in [5, 5.41) is 8.64. The van der Waals surface area contributed by atoms with Gasteiger partial charge in [-0.2, -0.15) is 0 Å². The van der Waals surface area contributed by atoms with Crippen LogP contribution in [0.25, 0.3) is 0 Å². The van der Waals surface area contributed by atoms with Gasteiger partial charge in [-0.3, -0.25) is 20.4 Å². The Bertz CT molecular complexity index is 1690. The number of nitrogens with zero attached hydrogens (tertiary/aromatic N) is 2. The number of benzene rings is 4. The first-order chi connectivity index (χ1) is 21.4. The Hall–Kier alpha value is -2.38. The van der Waals surface area contributed by atoms with Gasteiger partial charge in [0.2, 0.25) is 0 Å². The zero-order chi connectivity index (χ0) is 34.5. The van der Waals surface area contributed by atoms with Gasteiger partial charge in [-0.05, 0) is 68.1 Å². The number of amides is 2. The monoisotopic (exact) mass is 778 g/mol. The maximum atomic E-state index is 12.0. The summed E-state index contributed by atoms with van der Waals surface area (Å²) in [5.74, 6) is -0.667. The number of hydrogen-bond donors (Lipinski definition) is 2. The number of hydrogen-bond acceptors (Lipinski definition) is 4. The summed E-state index contributed by atoms with van der Waals surface area (Å²) >= 11 is 37.2. The normalized spacial score (nSPS) is 12.3. The van der Waals surface area contributed by atoms with Crippen LogP contribution < -0.4 is 10.9 Å². The van der Waals surface area contributed by atoms with E-state index in [1.807, 2.05) is 94.4 Å². The average molecular weight is 782 g/mol. The second-order valence-electron chi connectivity index (χ2n) is 9.56. The predicted molar refractivity (Wildman–Crippen MR) is 201 cm³/mol. The molecule has 0 saturated heterocycles. The topological polar surface area (TPSA) is 82.9 Å². The first kappa shape index (κ1) is 39.8. The molecule has 0 aromatic heterocycles. The summed E-state index contributed by atoms with van der Waals surface area (Å²) in [6.45, 7) is 7.85. The minimum atomic E-state index is -3.69. The fourth-order valence-electron chi connectivity index (χ4n) is 3.59. The SMILES string of the molecule is Cc1cccc(/C(Cl)=N/N=C(\Cl)c2ccccc2)c1C.Cc1cccc(C(=O)NNC(=O)c2ccccc2)c1C.ClP(Cl)(Cl)(Cl)Cl. The molecule has 14 heteroatoms. The molecule has 0 spiro atoms. The third-order valence-corrected chi connectivity index (χ3v) is 6.81. The summed E-state index contributed by atoms with van der Waals surface area (Å²) in [5.41, 5.74) is 11.7. The zero-order valence-corrected chi connectivity index (χ0v) is 31.2. The Morgan fingerprint density at radius 3 is 1.41 bits per heavy atom. The molecule has 0 aliphatic carbocycles. The van der Waals surface area contributed by atoms with Crippen molar-refractivity contribution >= 4 is 105 Å². The Labute approximate surface area is 302 Å². The molecule has 0 unspecified atom stereocenters. The summed E-state index contributed by atoms with van der Waals surface area (Å²) in [4.78, 5) is 23.8. The summed E-state index contributed by atoms with van der Waals surface area (Å²) < 4.78 is -3.69. The Morgan fingerprint density at radius 2 is 0.913 bits per heavy atom. The summed E-state index contributed by atoms with van der Waals surface area (Å²) in [6, 6.07) is 29.5. The van der Waals surface area contributed by atoms with Gasteiger partial charge < -0.3 is 0 Å². The van der Waals surface area contributed by atoms with Gasteiger partial charge >= 0.3 is 59.6 Å². The molecule has 244 valence electrons. The number of nitrogens with one attached hydrogen (secondary N) is 2. The van der Waals surface area contributed by atoms with Crippen LogP contribution in [0.15, 0.2) is 107 Å². The van der Waals surface area contributed by atoms with E-state index in [2.05, 4.69) is 21.1 Å². The van der Waals surface area contributed by atoms with Gasteiger partial charge in [-0.1, -0.05) is 102 Å². The van der Waals surface area contributed by atoms with Crippen molar-refractivity contribution < 1.29 is 9.59 Å². The van der Waals surface area contributed by atoms with E-state index in [1.54, 1.807) is 30.3 Å². The molecule has 2 amide bonds. The van der Waals surface area contributed by atoms with Gasteiger partial charge in [0.05, 0.1) is 0 Å². The molecule has 0 fully saturated rings. The van der Waals surface area contributed by atoms with E-state index in [4.69, 9.17) is 79.4 Å². The number of hydrazine groups is 1. The molecular weight excluding hydrogens is 752 g/mol. The molecule has 46 heavy (non-hydrogen) atoms. The third kappa shape index (κ3) is 15.0. The van der Waals surface area contributed by atoms with E-state index < -0.39 is 3.37 Å². The van der Waals surface area contributed by atoms with Crippen molar-refractivity contribution in [3.63, 3.8) is 0 Å². The molecule has 0 heterocycles. The van der Waals surface area contributed by atoms with Crippen molar-refractivity contribution in [2.24, 2.45) is 10.2 Å². The van der Waals surface area contributed by atoms with E-state index in [1.165, 1.54) is 0 Å². The molecular formula is C32H30Cl7N4O2P. The van der Waals surface area contributed by atoms with Gasteiger partial charge in [0.25, 0.3) is 11.8 Å². The molecule has 4 aromatic rings. The van der Waals surface area contributed by atoms with Crippen molar-refractivity contribution in [1.29, 1.82) is 0 Å². The van der Waals surface area contributed by atoms with Crippen LogP contribution in [-0.4, -0.2) is 22.2 Å². The van der Waals surface area contributed by atoms with Crippen LogP contribution in [0.1, 0.15) is 54.1 Å². The van der Waals surface area contributed by atoms with E-state index in [0.717, 1.165) is 33.4 Å². The van der Waals surface area contributed by atoms with Gasteiger partial charge in [0.1, 0.15) is 0 Å². The van der Waals surface area contributed by atoms with Gasteiger partial charge in [-0.25, -0.2) is 0 Å². The standard InChI is InChI=1S/C16H14Cl2N2.C16H16N2O2.Cl5P/c1-11-7-6-10-14(12(11)2)16(18)20-19-15(17)13-8-4-3-5-9-13;1-11-7-6-10-14(12(11)2)16(20)18-17-15(19)13-8-4-3-5-9-13;1-6(2,3,4)5/h3-10H,1-2H3;3-10H,1-2H3,(H,17,19)(H,18,20);/b19-15-,20-16-;;. The van der Waals surface area contributed by atoms with E-state index in [0.29, 0.717) is 21.5 Å². The minimum absolute atomic E-state index is 0.314. The molecule has 0 aliphatic rings. The van der Waals surface area contributed by atoms with Crippen molar-refractivity contribution in [3.8, 4) is 0 Å². The summed E-state index contributed by atoms with van der Waals surface area (Å²) in [6.07, 6.45) is 0. The Balaban J connectivity index is 0.000000273. The number of halogens is 7. The molecule has 0 bridgehead atoms. The van der Waals surface area contributed by atoms with Crippen LogP contribution in [0.2, 0.25) is 0 Å². The Kier molecular flexibility index (Phi) is 15.8. The van der Waals surface area contributed by atoms with Crippen LogP contribution in [-0.2, 0) is 0 Å². The van der Waals surface area contributed by atoms with Crippen LogP contribution in [0.4, 0.5) is 0 Å². The first-order valence-electron chi connectivity index (χ1n) is 13.3. The second-order valence-corrected chi connectivity index (χ2v) is 26.9. The van der Waals surface area contributed by atoms with Crippen molar-refractivity contribution in [1.82, 2.24) is 10.9 Å². The van der Waals surface area contributed by atoms with Gasteiger partial charge in [-0.15, -0.1) is 10.2 Å². The number of carbonyl (C=O) groups excluding carboxylic acids is 2.